The van der Waals surface area contributed by atoms with E-state index >= 15 is 0 Å². The number of ether oxygens (including phenoxy) is 2. The van der Waals surface area contributed by atoms with Gasteiger partial charge in [0.15, 0.2) is 15.8 Å². The Bertz CT molecular complexity index is 650. The molecule has 1 fully saturated rings. The molecule has 1 aromatic rings. The first-order chi connectivity index (χ1) is 12.6. The third kappa shape index (κ3) is 9.22. The van der Waals surface area contributed by atoms with Gasteiger partial charge in [-0.15, -0.1) is 24.0 Å². The summed E-state index contributed by atoms with van der Waals surface area (Å²) in [6.45, 7) is 4.10. The first-order valence-electron chi connectivity index (χ1n) is 8.99. The molecule has 1 aliphatic heterocycles. The lowest BCUT2D eigenvalue weighted by Crippen LogP contribution is -2.40. The molecule has 1 unspecified atom stereocenters. The summed E-state index contributed by atoms with van der Waals surface area (Å²) >= 11 is 0. The van der Waals surface area contributed by atoms with E-state index in [0.29, 0.717) is 36.5 Å². The Morgan fingerprint density at radius 2 is 2.00 bits per heavy atom. The Kier molecular flexibility index (Phi) is 11.9. The van der Waals surface area contributed by atoms with Gasteiger partial charge in [-0.2, -0.15) is 0 Å². The summed E-state index contributed by atoms with van der Waals surface area (Å²) in [5.74, 6) is 1.14. The Morgan fingerprint density at radius 1 is 1.26 bits per heavy atom. The maximum absolute atomic E-state index is 12.2. The van der Waals surface area contributed by atoms with Gasteiger partial charge in [0, 0.05) is 39.3 Å². The number of sulfone groups is 1. The van der Waals surface area contributed by atoms with Crippen LogP contribution in [0.4, 0.5) is 0 Å². The molecule has 1 heterocycles. The van der Waals surface area contributed by atoms with Crippen molar-refractivity contribution in [2.45, 2.75) is 17.7 Å². The summed E-state index contributed by atoms with van der Waals surface area (Å²) in [4.78, 5) is 4.45. The zero-order valence-corrected chi connectivity index (χ0v) is 18.9. The number of halogens is 1. The van der Waals surface area contributed by atoms with E-state index in [-0.39, 0.29) is 29.7 Å². The van der Waals surface area contributed by atoms with Crippen LogP contribution in [0.5, 0.6) is 0 Å². The fourth-order valence-corrected chi connectivity index (χ4v) is 3.79. The maximum atomic E-state index is 12.2. The molecule has 0 saturated carbocycles. The van der Waals surface area contributed by atoms with Crippen molar-refractivity contribution in [2.75, 3.05) is 52.3 Å². The molecule has 1 saturated heterocycles. The van der Waals surface area contributed by atoms with E-state index in [1.165, 1.54) is 0 Å². The molecule has 0 bridgehead atoms. The van der Waals surface area contributed by atoms with Gasteiger partial charge in [0.2, 0.25) is 0 Å². The molecular formula is C18H30IN3O4S. The van der Waals surface area contributed by atoms with Crippen molar-refractivity contribution in [2.24, 2.45) is 10.9 Å². The van der Waals surface area contributed by atoms with Crippen LogP contribution in [0, 0.1) is 5.92 Å². The van der Waals surface area contributed by atoms with Crippen molar-refractivity contribution in [3.63, 3.8) is 0 Å². The fraction of sp³-hybridized carbons (Fsp3) is 0.611. The number of guanidine groups is 1. The summed E-state index contributed by atoms with van der Waals surface area (Å²) in [5.41, 5.74) is 0. The highest BCUT2D eigenvalue weighted by atomic mass is 127. The lowest BCUT2D eigenvalue weighted by atomic mass is 10.1. The van der Waals surface area contributed by atoms with Crippen LogP contribution < -0.4 is 10.6 Å². The SMILES string of the molecule is CN=C(NCCCOCC1CCOC1)NCCS(=O)(=O)c1ccccc1.I. The first-order valence-corrected chi connectivity index (χ1v) is 10.6. The minimum absolute atomic E-state index is 0. The standard InChI is InChI=1S/C18H29N3O4S.HI/c1-19-18(20-9-5-11-24-14-16-8-12-25-15-16)21-10-13-26(22,23)17-6-3-2-4-7-17;/h2-4,6-7,16H,5,8-15H2,1H3,(H2,19,20,21);1H. The molecule has 1 aromatic carbocycles. The molecule has 0 spiro atoms. The van der Waals surface area contributed by atoms with Gasteiger partial charge in [0.1, 0.15) is 0 Å². The van der Waals surface area contributed by atoms with Gasteiger partial charge in [-0.3, -0.25) is 4.99 Å². The van der Waals surface area contributed by atoms with Crippen molar-refractivity contribution in [3.05, 3.63) is 30.3 Å². The van der Waals surface area contributed by atoms with Gasteiger partial charge >= 0.3 is 0 Å². The molecule has 0 radical (unpaired) electrons. The topological polar surface area (TPSA) is 89.0 Å². The molecule has 0 aromatic heterocycles. The van der Waals surface area contributed by atoms with Crippen LogP contribution in [0.1, 0.15) is 12.8 Å². The second-order valence-corrected chi connectivity index (χ2v) is 8.32. The number of aliphatic imine (C=N–C) groups is 1. The molecular weight excluding hydrogens is 481 g/mol. The van der Waals surface area contributed by atoms with Crippen LogP contribution in [0.2, 0.25) is 0 Å². The quantitative estimate of drug-likeness (QED) is 0.215. The van der Waals surface area contributed by atoms with E-state index in [1.807, 2.05) is 0 Å². The first kappa shape index (κ1) is 24.1. The van der Waals surface area contributed by atoms with E-state index in [0.717, 1.165) is 32.7 Å². The van der Waals surface area contributed by atoms with E-state index in [2.05, 4.69) is 15.6 Å². The molecule has 1 aliphatic rings. The summed E-state index contributed by atoms with van der Waals surface area (Å²) in [5, 5.41) is 6.20. The zero-order chi connectivity index (χ0) is 18.7. The third-order valence-electron chi connectivity index (χ3n) is 4.12. The Labute approximate surface area is 179 Å². The predicted octanol–water partition coefficient (Wildman–Crippen LogP) is 1.69. The lowest BCUT2D eigenvalue weighted by molar-refractivity contribution is 0.0888. The van der Waals surface area contributed by atoms with Gasteiger partial charge in [-0.25, -0.2) is 8.42 Å². The molecule has 7 nitrogen and oxygen atoms in total. The minimum Gasteiger partial charge on any atom is -0.381 e. The van der Waals surface area contributed by atoms with Crippen molar-refractivity contribution in [1.82, 2.24) is 10.6 Å². The number of hydrogen-bond donors (Lipinski definition) is 2. The predicted molar refractivity (Wildman–Crippen MR) is 118 cm³/mol. The second-order valence-electron chi connectivity index (χ2n) is 6.22. The van der Waals surface area contributed by atoms with Crippen LogP contribution >= 0.6 is 24.0 Å². The Balaban J connectivity index is 0.00000364. The van der Waals surface area contributed by atoms with Crippen LogP contribution in [-0.4, -0.2) is 66.7 Å². The smallest absolute Gasteiger partial charge is 0.191 e. The molecule has 27 heavy (non-hydrogen) atoms. The summed E-state index contributed by atoms with van der Waals surface area (Å²) in [7, 11) is -1.62. The molecule has 2 N–H and O–H groups in total. The molecule has 0 amide bonds. The largest absolute Gasteiger partial charge is 0.381 e. The van der Waals surface area contributed by atoms with E-state index in [1.54, 1.807) is 37.4 Å². The Morgan fingerprint density at radius 3 is 2.67 bits per heavy atom. The van der Waals surface area contributed by atoms with Crippen LogP contribution in [0.3, 0.4) is 0 Å². The van der Waals surface area contributed by atoms with E-state index in [4.69, 9.17) is 9.47 Å². The highest BCUT2D eigenvalue weighted by molar-refractivity contribution is 14.0. The molecule has 154 valence electrons. The molecule has 1 atom stereocenters. The summed E-state index contributed by atoms with van der Waals surface area (Å²) in [6, 6.07) is 8.47. The van der Waals surface area contributed by atoms with Gasteiger partial charge < -0.3 is 20.1 Å². The zero-order valence-electron chi connectivity index (χ0n) is 15.7. The minimum atomic E-state index is -3.28. The highest BCUT2D eigenvalue weighted by Crippen LogP contribution is 2.12. The van der Waals surface area contributed by atoms with Gasteiger partial charge in [-0.1, -0.05) is 18.2 Å². The monoisotopic (exact) mass is 511 g/mol. The van der Waals surface area contributed by atoms with Crippen LogP contribution in [-0.2, 0) is 19.3 Å². The normalized spacial score (nSPS) is 17.4. The van der Waals surface area contributed by atoms with Crippen molar-refractivity contribution in [1.29, 1.82) is 0 Å². The van der Waals surface area contributed by atoms with Crippen molar-refractivity contribution < 1.29 is 17.9 Å². The highest BCUT2D eigenvalue weighted by Gasteiger charge is 2.15. The number of hydrogen-bond acceptors (Lipinski definition) is 5. The van der Waals surface area contributed by atoms with E-state index in [9.17, 15) is 8.42 Å². The third-order valence-corrected chi connectivity index (χ3v) is 5.86. The second kappa shape index (κ2) is 13.3. The number of nitrogens with zero attached hydrogens (tertiary/aromatic N) is 1. The summed E-state index contributed by atoms with van der Waals surface area (Å²) < 4.78 is 35.4. The Hall–Kier alpha value is -0.910. The van der Waals surface area contributed by atoms with E-state index < -0.39 is 9.84 Å². The summed E-state index contributed by atoms with van der Waals surface area (Å²) in [6.07, 6.45) is 1.94. The molecule has 9 heteroatoms. The van der Waals surface area contributed by atoms with Gasteiger partial charge in [-0.05, 0) is 25.0 Å². The van der Waals surface area contributed by atoms with Gasteiger partial charge in [0.05, 0.1) is 23.9 Å². The molecule has 2 rings (SSSR count). The van der Waals surface area contributed by atoms with Crippen molar-refractivity contribution in [3.8, 4) is 0 Å². The number of benzene rings is 1. The van der Waals surface area contributed by atoms with Gasteiger partial charge in [0.25, 0.3) is 0 Å². The maximum Gasteiger partial charge on any atom is 0.191 e. The van der Waals surface area contributed by atoms with Crippen LogP contribution in [0.15, 0.2) is 40.2 Å². The average molecular weight is 511 g/mol. The number of nitrogens with one attached hydrogen (secondary N) is 2. The van der Waals surface area contributed by atoms with Crippen molar-refractivity contribution >= 4 is 39.8 Å². The van der Waals surface area contributed by atoms with Crippen LogP contribution in [0.25, 0.3) is 0 Å². The fourth-order valence-electron chi connectivity index (χ4n) is 2.62. The lowest BCUT2D eigenvalue weighted by Gasteiger charge is -2.13. The molecule has 0 aliphatic carbocycles. The number of rotatable bonds is 10. The average Bonchev–Trinajstić information content (AvgIpc) is 3.17.